The van der Waals surface area contributed by atoms with Crippen molar-refractivity contribution in [3.05, 3.63) is 32.6 Å². The monoisotopic (exact) mass is 487 g/mol. The van der Waals surface area contributed by atoms with Gasteiger partial charge in [0.25, 0.3) is 11.5 Å². The summed E-state index contributed by atoms with van der Waals surface area (Å²) in [6, 6.07) is 0. The molecule has 2 heterocycles. The molecule has 16 heteroatoms. The zero-order valence-corrected chi connectivity index (χ0v) is 17.9. The molecule has 0 saturated carbocycles. The number of aromatic nitrogens is 2. The predicted octanol–water partition coefficient (Wildman–Crippen LogP) is -4.31. The van der Waals surface area contributed by atoms with Crippen LogP contribution in [0.4, 0.5) is 0 Å². The van der Waals surface area contributed by atoms with Crippen molar-refractivity contribution in [2.45, 2.75) is 56.4 Å². The molecule has 9 N–H and O–H groups in total. The van der Waals surface area contributed by atoms with Crippen LogP contribution in [-0.4, -0.2) is 84.2 Å². The smallest absolute Gasteiger partial charge is 0.345 e. The first-order valence-electron chi connectivity index (χ1n) is 9.93. The number of aliphatic hydroxyl groups excluding tert-OH is 2. The molecule has 16 nitrogen and oxygen atoms in total. The molecule has 34 heavy (non-hydrogen) atoms. The van der Waals surface area contributed by atoms with Gasteiger partial charge in [-0.3, -0.25) is 34.5 Å². The number of amides is 2. The van der Waals surface area contributed by atoms with Crippen molar-refractivity contribution in [1.29, 1.82) is 0 Å². The normalized spacial score (nSPS) is 23.6. The Morgan fingerprint density at radius 2 is 1.85 bits per heavy atom. The molecule has 0 radical (unpaired) electrons. The fourth-order valence-electron chi connectivity index (χ4n) is 3.17. The van der Waals surface area contributed by atoms with Crippen molar-refractivity contribution >= 4 is 23.8 Å². The molecule has 1 saturated heterocycles. The van der Waals surface area contributed by atoms with Gasteiger partial charge in [-0.2, -0.15) is 0 Å². The maximum Gasteiger partial charge on any atom is 0.345 e. The van der Waals surface area contributed by atoms with Crippen LogP contribution in [0.3, 0.4) is 0 Å². The Hall–Kier alpha value is -3.60. The second-order valence-electron chi connectivity index (χ2n) is 7.70. The van der Waals surface area contributed by atoms with Crippen molar-refractivity contribution in [2.75, 3.05) is 6.54 Å². The zero-order valence-electron chi connectivity index (χ0n) is 17.9. The quantitative estimate of drug-likeness (QED) is 0.115. The van der Waals surface area contributed by atoms with E-state index in [4.69, 9.17) is 20.7 Å². The first-order valence-corrected chi connectivity index (χ1v) is 9.93. The van der Waals surface area contributed by atoms with E-state index < -0.39 is 71.6 Å². The topological polar surface area (TPSA) is 263 Å². The third kappa shape index (κ3) is 6.04. The number of hydrogen-bond donors (Lipinski definition) is 8. The summed E-state index contributed by atoms with van der Waals surface area (Å²) in [5, 5.41) is 42.4. The summed E-state index contributed by atoms with van der Waals surface area (Å²) >= 11 is 0. The first kappa shape index (κ1) is 26.7. The lowest BCUT2D eigenvalue weighted by molar-refractivity contribution is -0.153. The molecule has 2 amide bonds. The van der Waals surface area contributed by atoms with Gasteiger partial charge in [0.2, 0.25) is 5.91 Å². The van der Waals surface area contributed by atoms with Crippen molar-refractivity contribution < 1.29 is 44.3 Å². The lowest BCUT2D eigenvalue weighted by atomic mass is 10.1. The summed E-state index contributed by atoms with van der Waals surface area (Å²) in [6.07, 6.45) is -6.70. The first-order chi connectivity index (χ1) is 15.8. The predicted molar refractivity (Wildman–Crippen MR) is 109 cm³/mol. The van der Waals surface area contributed by atoms with Crippen LogP contribution in [0.2, 0.25) is 0 Å². The van der Waals surface area contributed by atoms with Crippen LogP contribution < -0.4 is 27.6 Å². The molecule has 0 bridgehead atoms. The number of carboxylic acids is 2. The van der Waals surface area contributed by atoms with Crippen LogP contribution in [0.5, 0.6) is 0 Å². The summed E-state index contributed by atoms with van der Waals surface area (Å²) in [5.74, 6) is -5.02. The van der Waals surface area contributed by atoms with Gasteiger partial charge in [0.05, 0.1) is 6.42 Å². The van der Waals surface area contributed by atoms with Crippen molar-refractivity contribution in [3.8, 4) is 0 Å². The van der Waals surface area contributed by atoms with E-state index >= 15 is 0 Å². The van der Waals surface area contributed by atoms with Crippen LogP contribution in [0.1, 0.15) is 31.1 Å². The Balaban J connectivity index is 1.91. The van der Waals surface area contributed by atoms with Gasteiger partial charge in [-0.05, 0) is 13.3 Å². The Bertz CT molecular complexity index is 1080. The van der Waals surface area contributed by atoms with Gasteiger partial charge in [-0.15, -0.1) is 0 Å². The van der Waals surface area contributed by atoms with E-state index in [-0.39, 0.29) is 24.9 Å². The van der Waals surface area contributed by atoms with Crippen LogP contribution in [-0.2, 0) is 23.9 Å². The number of carboxylic acid groups (broad SMARTS) is 2. The van der Waals surface area contributed by atoms with Gasteiger partial charge in [-0.1, -0.05) is 0 Å². The van der Waals surface area contributed by atoms with Crippen molar-refractivity contribution in [3.63, 3.8) is 0 Å². The second kappa shape index (κ2) is 10.6. The van der Waals surface area contributed by atoms with Crippen LogP contribution in [0, 0.1) is 6.92 Å². The molecular weight excluding hydrogens is 462 g/mol. The molecule has 0 spiro atoms. The third-order valence-corrected chi connectivity index (χ3v) is 4.97. The Kier molecular flexibility index (Phi) is 8.27. The SMILES string of the molecule is Cc1cn([C@@H]2O[C@H](C(=O)NCCCC(=O)N[C@@](N)(CC(=O)O)C(=O)O)[C@@H](O)[C@@H]2O)c(=O)[nH]c1=O. The molecular formula is C18H25N5O11. The van der Waals surface area contributed by atoms with E-state index in [0.29, 0.717) is 0 Å². The highest BCUT2D eigenvalue weighted by atomic mass is 16.6. The third-order valence-electron chi connectivity index (χ3n) is 4.97. The molecule has 2 rings (SSSR count). The van der Waals surface area contributed by atoms with Gasteiger partial charge in [0.1, 0.15) is 12.2 Å². The molecule has 1 aromatic heterocycles. The number of aliphatic hydroxyl groups is 2. The molecule has 5 atom stereocenters. The molecule has 0 aromatic carbocycles. The van der Waals surface area contributed by atoms with Gasteiger partial charge in [-0.25, -0.2) is 9.59 Å². The van der Waals surface area contributed by atoms with Gasteiger partial charge >= 0.3 is 17.6 Å². The van der Waals surface area contributed by atoms with Crippen molar-refractivity contribution in [2.24, 2.45) is 5.73 Å². The Morgan fingerprint density at radius 1 is 1.21 bits per heavy atom. The lowest BCUT2D eigenvalue weighted by Crippen LogP contribution is -2.62. The average molecular weight is 487 g/mol. The second-order valence-corrected chi connectivity index (χ2v) is 7.70. The molecule has 1 aromatic rings. The number of rotatable bonds is 10. The molecule has 1 fully saturated rings. The Labute approximate surface area is 190 Å². The minimum absolute atomic E-state index is 0.0201. The van der Waals surface area contributed by atoms with E-state index in [1.54, 1.807) is 0 Å². The number of nitrogens with one attached hydrogen (secondary N) is 3. The van der Waals surface area contributed by atoms with E-state index in [1.807, 2.05) is 10.3 Å². The zero-order chi connectivity index (χ0) is 25.8. The highest BCUT2D eigenvalue weighted by Gasteiger charge is 2.47. The molecule has 1 aliphatic rings. The average Bonchev–Trinajstić information content (AvgIpc) is 3.02. The number of hydrogen-bond acceptors (Lipinski definition) is 10. The van der Waals surface area contributed by atoms with E-state index in [2.05, 4.69) is 5.32 Å². The number of aryl methyl sites for hydroxylation is 1. The van der Waals surface area contributed by atoms with Crippen LogP contribution in [0.25, 0.3) is 0 Å². The van der Waals surface area contributed by atoms with Crippen LogP contribution >= 0.6 is 0 Å². The number of nitrogens with zero attached hydrogens (tertiary/aromatic N) is 1. The number of ether oxygens (including phenoxy) is 1. The summed E-state index contributed by atoms with van der Waals surface area (Å²) in [6.45, 7) is 1.26. The van der Waals surface area contributed by atoms with Crippen LogP contribution in [0.15, 0.2) is 15.8 Å². The summed E-state index contributed by atoms with van der Waals surface area (Å²) in [5.41, 5.74) is 1.46. The largest absolute Gasteiger partial charge is 0.481 e. The van der Waals surface area contributed by atoms with E-state index in [1.165, 1.54) is 6.92 Å². The number of carbonyl (C=O) groups is 4. The highest BCUT2D eigenvalue weighted by molar-refractivity contribution is 5.90. The van der Waals surface area contributed by atoms with Crippen molar-refractivity contribution in [1.82, 2.24) is 20.2 Å². The van der Waals surface area contributed by atoms with E-state index in [0.717, 1.165) is 10.8 Å². The minimum atomic E-state index is -2.50. The minimum Gasteiger partial charge on any atom is -0.481 e. The number of aliphatic carboxylic acids is 2. The summed E-state index contributed by atoms with van der Waals surface area (Å²) < 4.78 is 6.16. The highest BCUT2D eigenvalue weighted by Crippen LogP contribution is 2.28. The fourth-order valence-corrected chi connectivity index (χ4v) is 3.17. The van der Waals surface area contributed by atoms with E-state index in [9.17, 15) is 39.0 Å². The molecule has 1 aliphatic heterocycles. The lowest BCUT2D eigenvalue weighted by Gasteiger charge is -2.24. The summed E-state index contributed by atoms with van der Waals surface area (Å²) in [7, 11) is 0. The standard InChI is InChI=1S/C18H25N5O11/c1-7-6-23(17(33)21-13(7)29)15-11(28)10(27)12(34-15)14(30)20-4-2-3-8(24)22-18(19,16(31)32)5-9(25)26/h6,10-12,15,27-28H,2-5,19H2,1H3,(H,20,30)(H,22,24)(H,25,26)(H,31,32)(H,21,29,33)/t10-,11-,12-,15+,18-/m0/s1. The van der Waals surface area contributed by atoms with Gasteiger partial charge in [0.15, 0.2) is 18.0 Å². The fraction of sp³-hybridized carbons (Fsp3) is 0.556. The number of H-pyrrole nitrogens is 1. The van der Waals surface area contributed by atoms with Gasteiger partial charge < -0.3 is 35.8 Å². The molecule has 0 unspecified atom stereocenters. The maximum absolute atomic E-state index is 12.4. The summed E-state index contributed by atoms with van der Waals surface area (Å²) in [4.78, 5) is 71.7. The maximum atomic E-state index is 12.4. The van der Waals surface area contributed by atoms with Gasteiger partial charge in [0, 0.05) is 24.7 Å². The number of aromatic amines is 1. The number of nitrogens with two attached hydrogens (primary N) is 1. The number of carbonyl (C=O) groups excluding carboxylic acids is 2. The Morgan fingerprint density at radius 3 is 2.44 bits per heavy atom. The molecule has 188 valence electrons. The molecule has 0 aliphatic carbocycles.